The number of nitrogens with two attached hydrogens (primary N) is 8. The molecule has 2 aromatic rings. The molecule has 0 aromatic heterocycles. The van der Waals surface area contributed by atoms with Gasteiger partial charge in [-0.25, -0.2) is 9.59 Å². The number of nitrogens with one attached hydrogen (secondary N) is 17. The number of carboxylic acid groups (broad SMARTS) is 1. The molecule has 1 fully saturated rings. The number of guanidine groups is 1. The molecule has 0 unspecified atom stereocenters. The van der Waals surface area contributed by atoms with Gasteiger partial charge in [-0.15, -0.1) is 0 Å². The summed E-state index contributed by atoms with van der Waals surface area (Å²) >= 11 is 8.81. The number of primary amides is 2. The summed E-state index contributed by atoms with van der Waals surface area (Å²) in [6.07, 6.45) is -8.00. The highest BCUT2D eigenvalue weighted by atomic mass is 32.1. The minimum absolute atomic E-state index is 0.0229. The Kier molecular flexibility index (Phi) is 51.3. The second-order valence-corrected chi connectivity index (χ2v) is 35.6. The second kappa shape index (κ2) is 59.1. The molecule has 3 rings (SSSR count). The second-order valence-electron chi connectivity index (χ2n) is 34.1. The van der Waals surface area contributed by atoms with Crippen LogP contribution in [0.15, 0.2) is 48.5 Å². The average Bonchev–Trinajstić information content (AvgIpc) is 1.60. The van der Waals surface area contributed by atoms with Crippen molar-refractivity contribution in [1.82, 2.24) is 90.0 Å². The number of carbonyl (C=O) groups is 18. The zero-order valence-electron chi connectivity index (χ0n) is 77.5. The van der Waals surface area contributed by atoms with Crippen molar-refractivity contribution < 1.29 is 117 Å². The van der Waals surface area contributed by atoms with Crippen molar-refractivity contribution in [1.29, 1.82) is 5.41 Å². The molecule has 2 aromatic carbocycles. The van der Waals surface area contributed by atoms with Crippen molar-refractivity contribution in [2.75, 3.05) is 51.6 Å². The van der Waals surface area contributed by atoms with Gasteiger partial charge in [0.05, 0.1) is 30.8 Å². The zero-order chi connectivity index (χ0) is 103. The molecule has 1 saturated heterocycles. The fourth-order valence-corrected chi connectivity index (χ4v) is 14.4. The summed E-state index contributed by atoms with van der Waals surface area (Å²) in [5, 5.41) is 110. The summed E-state index contributed by atoms with van der Waals surface area (Å²) in [7, 11) is 0. The molecular formula is C84H140N26O24S2. The molecule has 50 nitrogen and oxygen atoms in total. The van der Waals surface area contributed by atoms with Gasteiger partial charge in [-0.1, -0.05) is 58.4 Å². The molecule has 1 aliphatic rings. The van der Waals surface area contributed by atoms with Gasteiger partial charge in [0.2, 0.25) is 94.5 Å². The maximum absolute atomic E-state index is 14.8. The fourth-order valence-electron chi connectivity index (χ4n) is 13.9. The van der Waals surface area contributed by atoms with Crippen LogP contribution in [-0.4, -0.2) is 319 Å². The minimum Gasteiger partial charge on any atom is -0.508 e. The molecule has 0 aliphatic carbocycles. The Bertz CT molecular complexity index is 4370. The molecular weight excluding hydrogens is 1820 g/mol. The molecule has 39 N–H and O–H groups in total. The van der Waals surface area contributed by atoms with E-state index in [-0.39, 0.29) is 133 Å². The number of aliphatic hydroxyl groups is 3. The number of aromatic hydroxyl groups is 2. The van der Waals surface area contributed by atoms with Crippen molar-refractivity contribution in [3.8, 4) is 11.5 Å². The number of benzene rings is 2. The fraction of sp³-hybridized carbons (Fsp3) is 0.631. The summed E-state index contributed by atoms with van der Waals surface area (Å²) < 4.78 is -1.49. The number of nitrogens with zero attached hydrogens (tertiary/aromatic N) is 1. The van der Waals surface area contributed by atoms with Crippen LogP contribution >= 0.6 is 25.3 Å². The maximum Gasteiger partial charge on any atom is 0.326 e. The predicted molar refractivity (Wildman–Crippen MR) is 501 cm³/mol. The minimum atomic E-state index is -2.08. The van der Waals surface area contributed by atoms with Gasteiger partial charge in [0, 0.05) is 49.4 Å². The number of rotatable bonds is 61. The van der Waals surface area contributed by atoms with E-state index in [0.29, 0.717) is 12.0 Å². The topological polar surface area (TPSA) is 856 Å². The third kappa shape index (κ3) is 40.5. The van der Waals surface area contributed by atoms with Crippen molar-refractivity contribution in [2.45, 2.75) is 271 Å². The van der Waals surface area contributed by atoms with Crippen LogP contribution in [0.4, 0.5) is 4.79 Å². The van der Waals surface area contributed by atoms with Gasteiger partial charge in [0.15, 0.2) is 5.96 Å². The van der Waals surface area contributed by atoms with Gasteiger partial charge in [0.1, 0.15) is 102 Å². The third-order valence-electron chi connectivity index (χ3n) is 22.0. The number of β-amino-alcohol motifs (C(OH)–C–C–N with tert-alkyl or cyclic N) is 1. The Morgan fingerprint density at radius 1 is 0.463 bits per heavy atom. The van der Waals surface area contributed by atoms with E-state index in [2.05, 4.69) is 110 Å². The number of hydrogen-bond acceptors (Lipinski definition) is 31. The van der Waals surface area contributed by atoms with Crippen LogP contribution in [0.5, 0.6) is 11.5 Å². The lowest BCUT2D eigenvalue weighted by atomic mass is 9.95. The molecule has 0 saturated carbocycles. The van der Waals surface area contributed by atoms with E-state index < -0.39 is 270 Å². The lowest BCUT2D eigenvalue weighted by Crippen LogP contribution is -2.64. The van der Waals surface area contributed by atoms with Crippen LogP contribution in [0.3, 0.4) is 0 Å². The molecule has 0 bridgehead atoms. The van der Waals surface area contributed by atoms with Crippen molar-refractivity contribution in [3.63, 3.8) is 0 Å². The number of urea groups is 1. The molecule has 1 heterocycles. The largest absolute Gasteiger partial charge is 0.508 e. The van der Waals surface area contributed by atoms with Gasteiger partial charge in [0.25, 0.3) is 0 Å². The molecule has 18 amide bonds. The van der Waals surface area contributed by atoms with Gasteiger partial charge >= 0.3 is 12.0 Å². The molecule has 762 valence electrons. The van der Waals surface area contributed by atoms with Crippen molar-refractivity contribution in [3.05, 3.63) is 59.7 Å². The third-order valence-corrected chi connectivity index (χ3v) is 22.6. The Morgan fingerprint density at radius 3 is 1.21 bits per heavy atom. The predicted octanol–water partition coefficient (Wildman–Crippen LogP) is -10.1. The van der Waals surface area contributed by atoms with Crippen LogP contribution in [0.2, 0.25) is 0 Å². The number of phenols is 2. The smallest absolute Gasteiger partial charge is 0.326 e. The average molecular weight is 1960 g/mol. The number of likely N-dealkylation sites (tertiary alicyclic amines) is 1. The highest BCUT2D eigenvalue weighted by molar-refractivity contribution is 7.81. The summed E-state index contributed by atoms with van der Waals surface area (Å²) in [4.78, 5) is 252. The van der Waals surface area contributed by atoms with Crippen LogP contribution in [0.25, 0.3) is 0 Å². The Labute approximate surface area is 798 Å². The molecule has 1 aliphatic heterocycles. The quantitative estimate of drug-likeness (QED) is 0.0127. The summed E-state index contributed by atoms with van der Waals surface area (Å²) in [6, 6.07) is -16.2. The van der Waals surface area contributed by atoms with Crippen LogP contribution in [0, 0.1) is 17.2 Å². The van der Waals surface area contributed by atoms with E-state index in [9.17, 15) is 117 Å². The van der Waals surface area contributed by atoms with E-state index in [1.54, 1.807) is 27.7 Å². The number of carboxylic acids is 1. The molecule has 0 spiro atoms. The molecule has 20 atom stereocenters. The first kappa shape index (κ1) is 118. The molecule has 52 heteroatoms. The number of amides is 18. The van der Waals surface area contributed by atoms with Crippen LogP contribution in [0.1, 0.15) is 150 Å². The van der Waals surface area contributed by atoms with Gasteiger partial charge in [-0.3, -0.25) is 82.1 Å². The summed E-state index contributed by atoms with van der Waals surface area (Å²) in [6.45, 7) is 10.4. The summed E-state index contributed by atoms with van der Waals surface area (Å²) in [5.74, 6) is -20.9. The number of phenolic OH excluding ortho intramolecular Hbond substituents is 2. The van der Waals surface area contributed by atoms with Crippen molar-refractivity contribution >= 4 is 138 Å². The van der Waals surface area contributed by atoms with Gasteiger partial charge in [-0.05, 0) is 165 Å². The first-order valence-electron chi connectivity index (χ1n) is 44.5. The number of aliphatic carboxylic acids is 1. The van der Waals surface area contributed by atoms with E-state index in [0.717, 1.165) is 18.7 Å². The monoisotopic (exact) mass is 1960 g/mol. The van der Waals surface area contributed by atoms with E-state index in [4.69, 9.17) is 51.3 Å². The summed E-state index contributed by atoms with van der Waals surface area (Å²) in [5.41, 5.74) is 46.8. The van der Waals surface area contributed by atoms with E-state index >= 15 is 0 Å². The highest BCUT2D eigenvalue weighted by Gasteiger charge is 2.46. The lowest BCUT2D eigenvalue weighted by Gasteiger charge is -2.34. The van der Waals surface area contributed by atoms with Crippen LogP contribution < -0.4 is 131 Å². The van der Waals surface area contributed by atoms with Gasteiger partial charge in [-0.2, -0.15) is 25.3 Å². The number of aliphatic hydroxyl groups excluding tert-OH is 3. The number of hydrogen-bond donors (Lipinski definition) is 33. The maximum atomic E-state index is 14.8. The Hall–Kier alpha value is -12.0. The molecule has 136 heavy (non-hydrogen) atoms. The number of carbonyl (C=O) groups excluding carboxylic acids is 17. The Balaban J connectivity index is 1.94. The lowest BCUT2D eigenvalue weighted by molar-refractivity contribution is -0.142. The normalized spacial score (nSPS) is 17.0. The van der Waals surface area contributed by atoms with E-state index in [1.165, 1.54) is 62.4 Å². The van der Waals surface area contributed by atoms with E-state index in [1.807, 2.05) is 0 Å². The first-order valence-corrected chi connectivity index (χ1v) is 45.6. The highest BCUT2D eigenvalue weighted by Crippen LogP contribution is 2.25. The Morgan fingerprint density at radius 2 is 0.824 bits per heavy atom. The van der Waals surface area contributed by atoms with Crippen molar-refractivity contribution in [2.24, 2.45) is 57.7 Å². The first-order chi connectivity index (χ1) is 63.9. The SMILES string of the molecule is CC[C@H](C)[C@H](NC(=O)[C@@H]1C[C@@H](O)CN1C(=O)[C@@H](N)C(C)C)C(=O)N[C@H](C(=O)N[C@@H](Cc1ccc(O)cc1)C(=O)N[C@H](C(=O)N[C@@H](CC(N)=O)C(=O)N[C@@H](CCCNC(=N)N)C(=O)N[C@@H](CCN)C(=O)N[C@H](C(=O)N[C@H](CCN)C(=O)N[C@@H](CCCCN)C(=O)N[C@@H](CCN)C(=O)N[C@@H](CCCNC(N)=O)C(=O)N[C@@H](CS)C(=O)N[C@@H](Cc1ccc(O)cc1)C(=O)O)[C@@H](C)O)[C@@H](C)O)C(C)(C)S. The number of unbranched alkanes of at least 4 members (excludes halogenated alkanes) is 1. The standard InChI is InChI=1S/C84H140N26O24S2/c1-9-41(4)62(106-75(126)59-36-48(115)38-110(59)80(131)61(90)40(2)3)76(127)109-65(84(7,8)136)79(130)103-55(34-44-17-21-46(113)22-18-44)73(124)108-64(43(6)112)78(129)102-56(37-60(89)116)72(123)98-50(15-12-32-94-82(91)92)67(118)100-54(27-31-88)71(122)107-63(42(5)111)77(128)101-53(26-30-87)70(121)96-49(14-10-11-28-85)66(117)99-52(25-29-86)69(120)97-51(16-13-33-95-83(93)134)68(119)105-58(39-135)74(125)104-57(81(132)133)35-45-19-23-47(114)24-20-45/h17-24,40-43,48-59,61-65,111-115,135-136H,9-16,25-39,85-88,90H2,1-8H3,(H2,89,116)(H,96,121)(H,97,120)(H,98,123)(H,99,117)(H,100,118)(H,101,128)(H,102,129)(H,103,130)(H,104,125)(H,105,119)(H,106,126)(H,107,122)(H,108,124)(H,109,127)(H,132,133)(H4,91,92,94)(H3,93,95,134)/t41-,42+,43+,48+,49-,50-,51-,52-,53+,54-,55-,56-,57-,58-,59-,61-,62-,63-,64-,65+/m0/s1. The van der Waals surface area contributed by atoms with Crippen LogP contribution in [-0.2, 0) is 94.3 Å². The molecule has 0 radical (unpaired) electrons. The zero-order valence-corrected chi connectivity index (χ0v) is 79.3. The number of thiol groups is 2. The van der Waals surface area contributed by atoms with Gasteiger partial charge < -0.3 is 166 Å².